The van der Waals surface area contributed by atoms with Crippen molar-refractivity contribution in [3.8, 4) is 0 Å². The van der Waals surface area contributed by atoms with Crippen molar-refractivity contribution in [1.82, 2.24) is 15.0 Å². The lowest BCUT2D eigenvalue weighted by Crippen LogP contribution is -2.23. The van der Waals surface area contributed by atoms with Gasteiger partial charge in [0, 0.05) is 6.20 Å². The van der Waals surface area contributed by atoms with Gasteiger partial charge in [-0.1, -0.05) is 0 Å². The number of nitrogens with zero attached hydrogens (tertiary/aromatic N) is 1. The number of amides is 1. The smallest absolute Gasteiger partial charge is 0.327 e. The second-order valence-corrected chi connectivity index (χ2v) is 2.89. The maximum absolute atomic E-state index is 11.3. The molecule has 2 heterocycles. The molecule has 15 heavy (non-hydrogen) atoms. The summed E-state index contributed by atoms with van der Waals surface area (Å²) in [6.45, 7) is 0. The Morgan fingerprint density at radius 1 is 1.33 bits per heavy atom. The van der Waals surface area contributed by atoms with Crippen LogP contribution in [0.15, 0.2) is 21.9 Å². The van der Waals surface area contributed by atoms with E-state index in [0.717, 1.165) is 0 Å². The van der Waals surface area contributed by atoms with Crippen LogP contribution in [0.1, 0.15) is 10.4 Å². The molecule has 0 radical (unpaired) electrons. The van der Waals surface area contributed by atoms with Crippen LogP contribution in [0.3, 0.4) is 0 Å². The Bertz CT molecular complexity index is 655. The molecule has 2 rings (SSSR count). The number of fused-ring (bicyclic) bond motifs is 1. The number of hydrogen-bond donors (Lipinski definition) is 3. The minimum Gasteiger partial charge on any atom is -0.366 e. The molecule has 0 spiro atoms. The van der Waals surface area contributed by atoms with Crippen LogP contribution in [0.25, 0.3) is 11.0 Å². The van der Waals surface area contributed by atoms with E-state index >= 15 is 0 Å². The number of pyridine rings is 1. The quantitative estimate of drug-likeness (QED) is 0.537. The van der Waals surface area contributed by atoms with Gasteiger partial charge in [0.2, 0.25) is 5.91 Å². The van der Waals surface area contributed by atoms with Gasteiger partial charge in [-0.3, -0.25) is 19.6 Å². The molecule has 0 saturated carbocycles. The third kappa shape index (κ3) is 1.50. The Morgan fingerprint density at radius 3 is 2.73 bits per heavy atom. The minimum absolute atomic E-state index is 0.111. The molecule has 0 fully saturated rings. The Morgan fingerprint density at radius 2 is 2.07 bits per heavy atom. The van der Waals surface area contributed by atoms with Crippen molar-refractivity contribution in [2.75, 3.05) is 0 Å². The fraction of sp³-hybridized carbons (Fsp3) is 0. The highest BCUT2D eigenvalue weighted by Gasteiger charge is 2.06. The highest BCUT2D eigenvalue weighted by Crippen LogP contribution is 2.03. The van der Waals surface area contributed by atoms with Gasteiger partial charge in [-0.05, 0) is 6.07 Å². The molecule has 0 aliphatic carbocycles. The van der Waals surface area contributed by atoms with Gasteiger partial charge in [-0.25, -0.2) is 9.78 Å². The maximum atomic E-state index is 11.3. The number of rotatable bonds is 1. The Hall–Kier alpha value is -2.44. The summed E-state index contributed by atoms with van der Waals surface area (Å²) in [6, 6.07) is 1.28. The van der Waals surface area contributed by atoms with Gasteiger partial charge in [-0.15, -0.1) is 0 Å². The number of primary amides is 1. The number of aromatic amines is 2. The zero-order valence-corrected chi connectivity index (χ0v) is 7.40. The molecule has 2 aromatic heterocycles. The predicted molar refractivity (Wildman–Crippen MR) is 51.5 cm³/mol. The van der Waals surface area contributed by atoms with Crippen LogP contribution < -0.4 is 17.0 Å². The van der Waals surface area contributed by atoms with E-state index in [0.29, 0.717) is 0 Å². The zero-order valence-electron chi connectivity index (χ0n) is 7.40. The van der Waals surface area contributed by atoms with E-state index in [2.05, 4.69) is 9.97 Å². The third-order valence-electron chi connectivity index (χ3n) is 1.88. The Balaban J connectivity index is 2.89. The van der Waals surface area contributed by atoms with Crippen molar-refractivity contribution in [3.63, 3.8) is 0 Å². The highest BCUT2D eigenvalue weighted by molar-refractivity contribution is 5.95. The maximum Gasteiger partial charge on any atom is 0.327 e. The second kappa shape index (κ2) is 3.05. The van der Waals surface area contributed by atoms with Crippen LogP contribution in [-0.2, 0) is 0 Å². The molecule has 7 heteroatoms. The van der Waals surface area contributed by atoms with Crippen LogP contribution in [0.2, 0.25) is 0 Å². The van der Waals surface area contributed by atoms with Crippen molar-refractivity contribution in [1.29, 1.82) is 0 Å². The van der Waals surface area contributed by atoms with E-state index < -0.39 is 17.2 Å². The van der Waals surface area contributed by atoms with Crippen LogP contribution in [0, 0.1) is 0 Å². The summed E-state index contributed by atoms with van der Waals surface area (Å²) in [6.07, 6.45) is 1.19. The van der Waals surface area contributed by atoms with Gasteiger partial charge in [0.15, 0.2) is 0 Å². The first-order valence-electron chi connectivity index (χ1n) is 4.00. The monoisotopic (exact) mass is 206 g/mol. The first-order valence-corrected chi connectivity index (χ1v) is 4.00. The number of nitrogens with one attached hydrogen (secondary N) is 2. The molecule has 1 amide bonds. The van der Waals surface area contributed by atoms with Gasteiger partial charge in [0.05, 0.1) is 10.9 Å². The fourth-order valence-electron chi connectivity index (χ4n) is 1.18. The van der Waals surface area contributed by atoms with Crippen molar-refractivity contribution < 1.29 is 4.79 Å². The van der Waals surface area contributed by atoms with Crippen molar-refractivity contribution in [2.45, 2.75) is 0 Å². The summed E-state index contributed by atoms with van der Waals surface area (Å²) < 4.78 is 0. The van der Waals surface area contributed by atoms with E-state index in [1.165, 1.54) is 12.3 Å². The van der Waals surface area contributed by atoms with Gasteiger partial charge in [0.25, 0.3) is 5.56 Å². The summed E-state index contributed by atoms with van der Waals surface area (Å²) in [5, 5.41) is 0.117. The van der Waals surface area contributed by atoms with Crippen molar-refractivity contribution >= 4 is 16.9 Å². The number of carbonyl (C=O) groups is 1. The van der Waals surface area contributed by atoms with Gasteiger partial charge >= 0.3 is 5.69 Å². The van der Waals surface area contributed by atoms with E-state index in [4.69, 9.17) is 5.73 Å². The number of aromatic nitrogens is 3. The molecule has 0 aliphatic rings. The normalized spacial score (nSPS) is 10.4. The molecular weight excluding hydrogens is 200 g/mol. The van der Waals surface area contributed by atoms with Gasteiger partial charge in [0.1, 0.15) is 5.65 Å². The molecule has 7 nitrogen and oxygen atoms in total. The molecule has 2 aromatic rings. The van der Waals surface area contributed by atoms with Crippen LogP contribution in [0.5, 0.6) is 0 Å². The molecule has 0 aromatic carbocycles. The van der Waals surface area contributed by atoms with E-state index in [1.54, 1.807) is 0 Å². The van der Waals surface area contributed by atoms with E-state index in [-0.39, 0.29) is 16.6 Å². The zero-order chi connectivity index (χ0) is 11.0. The topological polar surface area (TPSA) is 122 Å². The fourth-order valence-corrected chi connectivity index (χ4v) is 1.18. The minimum atomic E-state index is -0.685. The average molecular weight is 206 g/mol. The molecule has 0 atom stereocenters. The predicted octanol–water partition coefficient (Wildman–Crippen LogP) is -1.29. The number of nitrogens with two attached hydrogens (primary N) is 1. The Kier molecular flexibility index (Phi) is 1.86. The summed E-state index contributed by atoms with van der Waals surface area (Å²) >= 11 is 0. The molecular formula is C8H6N4O3. The molecule has 4 N–H and O–H groups in total. The lowest BCUT2D eigenvalue weighted by Gasteiger charge is -1.97. The van der Waals surface area contributed by atoms with Crippen molar-refractivity contribution in [2.24, 2.45) is 5.73 Å². The molecule has 76 valence electrons. The first-order chi connectivity index (χ1) is 7.08. The molecule has 0 bridgehead atoms. The second-order valence-electron chi connectivity index (χ2n) is 2.89. The summed E-state index contributed by atoms with van der Waals surface area (Å²) in [5.41, 5.74) is 4.00. The van der Waals surface area contributed by atoms with E-state index in [1.807, 2.05) is 4.98 Å². The van der Waals surface area contributed by atoms with Gasteiger partial charge < -0.3 is 5.73 Å². The Labute approximate surface area is 82.0 Å². The summed E-state index contributed by atoms with van der Waals surface area (Å²) in [5.74, 6) is -0.685. The van der Waals surface area contributed by atoms with Crippen LogP contribution >= 0.6 is 0 Å². The average Bonchev–Trinajstić information content (AvgIpc) is 2.16. The third-order valence-corrected chi connectivity index (χ3v) is 1.88. The number of H-pyrrole nitrogens is 2. The first kappa shape index (κ1) is 9.13. The van der Waals surface area contributed by atoms with E-state index in [9.17, 15) is 14.4 Å². The number of hydrogen-bond acceptors (Lipinski definition) is 4. The van der Waals surface area contributed by atoms with Gasteiger partial charge in [-0.2, -0.15) is 0 Å². The van der Waals surface area contributed by atoms with Crippen LogP contribution in [-0.4, -0.2) is 20.9 Å². The SMILES string of the molecule is NC(=O)c1cnc2[nH]c(=O)[nH]c(=O)c2c1. The largest absolute Gasteiger partial charge is 0.366 e. The molecule has 0 saturated heterocycles. The van der Waals surface area contributed by atoms with Crippen LogP contribution in [0.4, 0.5) is 0 Å². The lowest BCUT2D eigenvalue weighted by atomic mass is 10.2. The van der Waals surface area contributed by atoms with Crippen molar-refractivity contribution in [3.05, 3.63) is 38.7 Å². The lowest BCUT2D eigenvalue weighted by molar-refractivity contribution is 0.1000. The molecule has 0 unspecified atom stereocenters. The number of carbonyl (C=O) groups excluding carboxylic acids is 1. The summed E-state index contributed by atoms with van der Waals surface area (Å²) in [4.78, 5) is 41.1. The molecule has 0 aliphatic heterocycles. The highest BCUT2D eigenvalue weighted by atomic mass is 16.2. The standard InChI is InChI=1S/C8H6N4O3/c9-5(13)3-1-4-6(10-2-3)11-8(15)12-7(4)14/h1-2H,(H2,9,13)(H2,10,11,12,14,15). The summed E-state index contributed by atoms with van der Waals surface area (Å²) in [7, 11) is 0.